The van der Waals surface area contributed by atoms with E-state index < -0.39 is 23.6 Å². The summed E-state index contributed by atoms with van der Waals surface area (Å²) in [5.41, 5.74) is -0.453. The number of thiophene rings is 2. The molecule has 0 bridgehead atoms. The number of nitrogens with one attached hydrogen (secondary N) is 2. The van der Waals surface area contributed by atoms with Crippen LogP contribution in [0.5, 0.6) is 0 Å². The van der Waals surface area contributed by atoms with Crippen LogP contribution in [0.4, 0.5) is 8.78 Å². The summed E-state index contributed by atoms with van der Waals surface area (Å²) < 4.78 is 31.3. The van der Waals surface area contributed by atoms with E-state index in [1.54, 1.807) is 29.8 Å². The van der Waals surface area contributed by atoms with E-state index in [0.717, 1.165) is 0 Å². The topological polar surface area (TPSA) is 125 Å². The van der Waals surface area contributed by atoms with Gasteiger partial charge in [-0.3, -0.25) is 0 Å². The molecule has 0 spiro atoms. The van der Waals surface area contributed by atoms with Gasteiger partial charge in [-0.1, -0.05) is 0 Å². The maximum absolute atomic E-state index is 13.5. The fraction of sp³-hybridized carbons (Fsp3) is 0.125. The van der Waals surface area contributed by atoms with E-state index >= 15 is 0 Å². The molecule has 12 heteroatoms. The van der Waals surface area contributed by atoms with Crippen molar-refractivity contribution in [1.29, 1.82) is 0 Å². The molecule has 144 valence electrons. The molecule has 4 rings (SSSR count). The minimum atomic E-state index is -1.27. The van der Waals surface area contributed by atoms with Crippen LogP contribution in [0.2, 0.25) is 0 Å². The second-order valence-electron chi connectivity index (χ2n) is 4.98. The molecule has 28 heavy (non-hydrogen) atoms. The van der Waals surface area contributed by atoms with Crippen LogP contribution < -0.4 is 29.6 Å². The number of hydrogen-bond acceptors (Lipinski definition) is 6. The number of hydrogen-bond donors (Lipinski definition) is 3. The monoisotopic (exact) mass is 438 g/mol. The first-order valence-corrected chi connectivity index (χ1v) is 9.09. The minimum Gasteiger partial charge on any atom is -0.870 e. The molecule has 0 saturated carbocycles. The van der Waals surface area contributed by atoms with Crippen LogP contribution in [0.3, 0.4) is 0 Å². The van der Waals surface area contributed by atoms with Crippen molar-refractivity contribution in [3.05, 3.63) is 45.9 Å². The molecule has 0 aliphatic carbocycles. The first-order chi connectivity index (χ1) is 12.4. The second kappa shape index (κ2) is 10.1. The van der Waals surface area contributed by atoms with Crippen molar-refractivity contribution in [3.63, 3.8) is 0 Å². The third-order valence-corrected chi connectivity index (χ3v) is 5.07. The zero-order valence-electron chi connectivity index (χ0n) is 14.7. The average Bonchev–Trinajstić information content (AvgIpc) is 3.33. The molecule has 0 amide bonds. The van der Waals surface area contributed by atoms with Gasteiger partial charge in [-0.05, 0) is 29.8 Å². The summed E-state index contributed by atoms with van der Waals surface area (Å²) in [5, 5.41) is 12.8. The summed E-state index contributed by atoms with van der Waals surface area (Å²) >= 11 is 2.64. The number of halogens is 2. The normalized spacial score (nSPS) is 9.96. The standard InChI is InChI=1S/C9H8FNO2S.C7H4FNO2S.Na.H2O/c1-2-13-9(12)7-6(10)5-3-4-14-8(5)11-7;8-4-3-1-2-12-6(3)9-5(4)7(10)11;;/h3-4,11H,2H2,1H3;1-2,9H,(H,10,11);;1H2/q;;+1;/p-1. The van der Waals surface area contributed by atoms with Crippen LogP contribution >= 0.6 is 22.7 Å². The molecule has 0 aliphatic heterocycles. The molecule has 0 aromatic carbocycles. The van der Waals surface area contributed by atoms with Gasteiger partial charge in [0.05, 0.1) is 6.61 Å². The molecule has 4 N–H and O–H groups in total. The predicted octanol–water partition coefficient (Wildman–Crippen LogP) is 1.44. The van der Waals surface area contributed by atoms with Crippen LogP contribution in [-0.2, 0) is 4.74 Å². The molecule has 0 atom stereocenters. The molecule has 0 aliphatic rings. The Morgan fingerprint density at radius 3 is 1.93 bits per heavy atom. The van der Waals surface area contributed by atoms with Gasteiger partial charge in [-0.2, -0.15) is 0 Å². The summed E-state index contributed by atoms with van der Waals surface area (Å²) in [6.45, 7) is 1.92. The van der Waals surface area contributed by atoms with E-state index in [9.17, 15) is 18.4 Å². The minimum absolute atomic E-state index is 0. The number of carboxylic acids is 1. The van der Waals surface area contributed by atoms with Crippen molar-refractivity contribution in [2.75, 3.05) is 6.61 Å². The van der Waals surface area contributed by atoms with Crippen molar-refractivity contribution in [2.45, 2.75) is 6.92 Å². The van der Waals surface area contributed by atoms with E-state index in [-0.39, 0.29) is 53.0 Å². The first kappa shape index (κ1) is 24.3. The Hall–Kier alpha value is -1.76. The van der Waals surface area contributed by atoms with Crippen LogP contribution in [-0.4, -0.2) is 39.1 Å². The van der Waals surface area contributed by atoms with E-state index in [0.29, 0.717) is 20.4 Å². The van der Waals surface area contributed by atoms with E-state index in [1.807, 2.05) is 0 Å². The Labute approximate surface area is 186 Å². The smallest absolute Gasteiger partial charge is 0.870 e. The van der Waals surface area contributed by atoms with Crippen LogP contribution in [0.25, 0.3) is 20.4 Å². The number of aromatic amines is 2. The number of ether oxygens (including phenoxy) is 1. The van der Waals surface area contributed by atoms with Gasteiger partial charge in [-0.25, -0.2) is 18.4 Å². The molecule has 0 fully saturated rings. The molecular formula is C16H13F2N2NaO5S2. The number of carboxylic acid groups (broad SMARTS) is 1. The Morgan fingerprint density at radius 2 is 1.50 bits per heavy atom. The number of fused-ring (bicyclic) bond motifs is 2. The number of aromatic carboxylic acids is 1. The van der Waals surface area contributed by atoms with Crippen molar-refractivity contribution in [3.8, 4) is 0 Å². The third-order valence-electron chi connectivity index (χ3n) is 3.41. The summed E-state index contributed by atoms with van der Waals surface area (Å²) in [6.07, 6.45) is 0. The SMILES string of the molecule is CCOC(=O)c1[nH]c2sccc2c1F.O=C(O)c1[nH]c2sccc2c1F.[Na+].[OH-]. The van der Waals surface area contributed by atoms with Gasteiger partial charge in [0.2, 0.25) is 0 Å². The predicted molar refractivity (Wildman–Crippen MR) is 97.1 cm³/mol. The van der Waals surface area contributed by atoms with E-state index in [2.05, 4.69) is 9.97 Å². The van der Waals surface area contributed by atoms with Gasteiger partial charge >= 0.3 is 41.5 Å². The van der Waals surface area contributed by atoms with E-state index in [1.165, 1.54) is 22.7 Å². The maximum Gasteiger partial charge on any atom is 1.00 e. The number of rotatable bonds is 3. The Kier molecular flexibility index (Phi) is 8.79. The summed E-state index contributed by atoms with van der Waals surface area (Å²) in [4.78, 5) is 28.1. The van der Waals surface area contributed by atoms with Crippen LogP contribution in [0.1, 0.15) is 27.9 Å². The van der Waals surface area contributed by atoms with Crippen LogP contribution in [0, 0.1) is 11.6 Å². The van der Waals surface area contributed by atoms with Gasteiger partial charge in [-0.15, -0.1) is 22.7 Å². The van der Waals surface area contributed by atoms with E-state index in [4.69, 9.17) is 9.84 Å². The molecule has 7 nitrogen and oxygen atoms in total. The molecular weight excluding hydrogens is 425 g/mol. The summed E-state index contributed by atoms with van der Waals surface area (Å²) in [7, 11) is 0. The molecule has 4 aromatic heterocycles. The second-order valence-corrected chi connectivity index (χ2v) is 6.81. The zero-order valence-corrected chi connectivity index (χ0v) is 18.3. The molecule has 4 aromatic rings. The summed E-state index contributed by atoms with van der Waals surface area (Å²) in [6, 6.07) is 3.19. The van der Waals surface area contributed by atoms with Crippen molar-refractivity contribution in [1.82, 2.24) is 9.97 Å². The van der Waals surface area contributed by atoms with Gasteiger partial charge in [0.25, 0.3) is 0 Å². The average molecular weight is 438 g/mol. The third kappa shape index (κ3) is 4.62. The quantitative estimate of drug-likeness (QED) is 0.330. The number of esters is 1. The Balaban J connectivity index is 0.000000264. The van der Waals surface area contributed by atoms with Gasteiger partial charge in [0.1, 0.15) is 9.66 Å². The summed E-state index contributed by atoms with van der Waals surface area (Å²) in [5.74, 6) is -3.12. The fourth-order valence-corrected chi connectivity index (χ4v) is 3.83. The maximum atomic E-state index is 13.5. The molecule has 0 unspecified atom stereocenters. The first-order valence-electron chi connectivity index (χ1n) is 7.33. The fourth-order valence-electron chi connectivity index (χ4n) is 2.26. The Bertz CT molecular complexity index is 1100. The number of aromatic nitrogens is 2. The largest absolute Gasteiger partial charge is 1.00 e. The number of H-pyrrole nitrogens is 2. The van der Waals surface area contributed by atoms with Crippen molar-refractivity contribution < 1.29 is 63.2 Å². The van der Waals surface area contributed by atoms with Crippen LogP contribution in [0.15, 0.2) is 22.9 Å². The van der Waals surface area contributed by atoms with Gasteiger partial charge in [0, 0.05) is 10.8 Å². The number of carbonyl (C=O) groups excluding carboxylic acids is 1. The van der Waals surface area contributed by atoms with Gasteiger partial charge in [0.15, 0.2) is 23.0 Å². The van der Waals surface area contributed by atoms with Crippen molar-refractivity contribution >= 4 is 55.0 Å². The zero-order chi connectivity index (χ0) is 18.8. The molecule has 0 radical (unpaired) electrons. The molecule has 0 saturated heterocycles. The van der Waals surface area contributed by atoms with Crippen molar-refractivity contribution in [2.24, 2.45) is 0 Å². The number of carbonyl (C=O) groups is 2. The van der Waals surface area contributed by atoms with Gasteiger partial charge < -0.3 is 25.3 Å². The molecule has 4 heterocycles. The Morgan fingerprint density at radius 1 is 1.04 bits per heavy atom.